The van der Waals surface area contributed by atoms with Crippen LogP contribution in [0, 0.1) is 6.92 Å². The lowest BCUT2D eigenvalue weighted by atomic mass is 10.1. The van der Waals surface area contributed by atoms with Crippen LogP contribution in [-0.2, 0) is 16.1 Å². The summed E-state index contributed by atoms with van der Waals surface area (Å²) in [4.78, 5) is 32.0. The molecular formula is C20H25N3O3. The van der Waals surface area contributed by atoms with E-state index in [0.29, 0.717) is 26.2 Å². The Hall–Kier alpha value is -2.18. The highest BCUT2D eigenvalue weighted by Crippen LogP contribution is 2.17. The lowest BCUT2D eigenvalue weighted by Gasteiger charge is -2.35. The highest BCUT2D eigenvalue weighted by Gasteiger charge is 2.30. The number of hydrogen-bond donors (Lipinski definition) is 1. The smallest absolute Gasteiger partial charge is 0.252 e. The van der Waals surface area contributed by atoms with Gasteiger partial charge in [-0.05, 0) is 42.8 Å². The number of hydrogen-bond acceptors (Lipinski definition) is 4. The molecule has 0 saturated carbocycles. The molecule has 1 N–H and O–H groups in total. The molecule has 6 heteroatoms. The van der Waals surface area contributed by atoms with E-state index < -0.39 is 0 Å². The van der Waals surface area contributed by atoms with Crippen LogP contribution in [-0.4, -0.2) is 59.6 Å². The van der Waals surface area contributed by atoms with Crippen molar-refractivity contribution in [3.8, 4) is 0 Å². The fourth-order valence-corrected chi connectivity index (χ4v) is 3.82. The Morgan fingerprint density at radius 2 is 2.04 bits per heavy atom. The number of benzene rings is 1. The molecular weight excluding hydrogens is 330 g/mol. The zero-order chi connectivity index (χ0) is 18.1. The molecule has 6 nitrogen and oxygen atoms in total. The van der Waals surface area contributed by atoms with Gasteiger partial charge >= 0.3 is 0 Å². The van der Waals surface area contributed by atoms with Crippen LogP contribution in [0.5, 0.6) is 0 Å². The third-order valence-electron chi connectivity index (χ3n) is 5.36. The quantitative estimate of drug-likeness (QED) is 0.909. The fourth-order valence-electron chi connectivity index (χ4n) is 3.82. The first-order valence-electron chi connectivity index (χ1n) is 9.35. The van der Waals surface area contributed by atoms with Crippen molar-refractivity contribution < 1.29 is 9.53 Å². The van der Waals surface area contributed by atoms with E-state index in [4.69, 9.17) is 4.74 Å². The Kier molecular flexibility index (Phi) is 4.78. The molecule has 138 valence electrons. The molecule has 1 unspecified atom stereocenters. The molecule has 0 aliphatic carbocycles. The predicted molar refractivity (Wildman–Crippen MR) is 100 cm³/mol. The van der Waals surface area contributed by atoms with Gasteiger partial charge in [0, 0.05) is 50.4 Å². The normalized spacial score (nSPS) is 21.4. The first-order chi connectivity index (χ1) is 12.6. The van der Waals surface area contributed by atoms with Crippen molar-refractivity contribution in [1.82, 2.24) is 14.8 Å². The molecule has 0 bridgehead atoms. The van der Waals surface area contributed by atoms with E-state index in [-0.39, 0.29) is 17.6 Å². The number of aryl methyl sites for hydroxylation is 1. The first-order valence-corrected chi connectivity index (χ1v) is 9.35. The molecule has 0 spiro atoms. The predicted octanol–water partition coefficient (Wildman–Crippen LogP) is 1.66. The van der Waals surface area contributed by atoms with Crippen LogP contribution in [0.15, 0.2) is 29.1 Å². The van der Waals surface area contributed by atoms with Crippen molar-refractivity contribution >= 4 is 16.8 Å². The summed E-state index contributed by atoms with van der Waals surface area (Å²) in [6, 6.07) is 8.08. The molecule has 1 aromatic heterocycles. The summed E-state index contributed by atoms with van der Waals surface area (Å²) < 4.78 is 5.51. The van der Waals surface area contributed by atoms with Gasteiger partial charge in [0.1, 0.15) is 6.10 Å². The van der Waals surface area contributed by atoms with Gasteiger partial charge in [-0.2, -0.15) is 0 Å². The molecule has 2 aliphatic heterocycles. The van der Waals surface area contributed by atoms with Gasteiger partial charge in [-0.1, -0.05) is 12.1 Å². The van der Waals surface area contributed by atoms with Gasteiger partial charge in [0.25, 0.3) is 11.5 Å². The second-order valence-electron chi connectivity index (χ2n) is 7.32. The molecule has 1 aromatic carbocycles. The van der Waals surface area contributed by atoms with Crippen molar-refractivity contribution in [2.45, 2.75) is 32.4 Å². The van der Waals surface area contributed by atoms with Crippen molar-refractivity contribution in [1.29, 1.82) is 0 Å². The van der Waals surface area contributed by atoms with Gasteiger partial charge in [0.15, 0.2) is 0 Å². The van der Waals surface area contributed by atoms with Crippen LogP contribution in [0.1, 0.15) is 24.0 Å². The van der Waals surface area contributed by atoms with Crippen molar-refractivity contribution in [3.63, 3.8) is 0 Å². The lowest BCUT2D eigenvalue weighted by molar-refractivity contribution is -0.142. The number of carbonyl (C=O) groups is 1. The highest BCUT2D eigenvalue weighted by atomic mass is 16.5. The second-order valence-corrected chi connectivity index (χ2v) is 7.32. The van der Waals surface area contributed by atoms with E-state index in [1.165, 1.54) is 0 Å². The van der Waals surface area contributed by atoms with Crippen LogP contribution in [0.2, 0.25) is 0 Å². The Morgan fingerprint density at radius 1 is 1.23 bits per heavy atom. The summed E-state index contributed by atoms with van der Waals surface area (Å²) in [5.41, 5.74) is 2.76. The number of nitrogens with zero attached hydrogens (tertiary/aromatic N) is 2. The Morgan fingerprint density at radius 3 is 2.77 bits per heavy atom. The number of carbonyl (C=O) groups excluding carboxylic acids is 1. The average molecular weight is 355 g/mol. The van der Waals surface area contributed by atoms with Gasteiger partial charge in [-0.3, -0.25) is 14.5 Å². The Labute approximate surface area is 152 Å². The minimum atomic E-state index is -0.242. The van der Waals surface area contributed by atoms with Crippen molar-refractivity contribution in [2.24, 2.45) is 0 Å². The number of aromatic nitrogens is 1. The minimum Gasteiger partial charge on any atom is -0.368 e. The number of rotatable bonds is 3. The number of H-pyrrole nitrogens is 1. The molecule has 3 heterocycles. The number of fused-ring (bicyclic) bond motifs is 1. The van der Waals surface area contributed by atoms with Gasteiger partial charge < -0.3 is 14.6 Å². The summed E-state index contributed by atoms with van der Waals surface area (Å²) in [5, 5.41) is 1.05. The maximum absolute atomic E-state index is 12.4. The molecule has 1 atom stereocenters. The van der Waals surface area contributed by atoms with Gasteiger partial charge in [-0.25, -0.2) is 0 Å². The number of amides is 1. The van der Waals surface area contributed by atoms with Crippen molar-refractivity contribution in [3.05, 3.63) is 45.7 Å². The van der Waals surface area contributed by atoms with E-state index in [2.05, 4.69) is 16.0 Å². The molecule has 2 aliphatic rings. The molecule has 2 fully saturated rings. The number of nitrogens with one attached hydrogen (secondary N) is 1. The van der Waals surface area contributed by atoms with Crippen LogP contribution < -0.4 is 5.56 Å². The van der Waals surface area contributed by atoms with Gasteiger partial charge in [0.05, 0.1) is 0 Å². The Bertz CT molecular complexity index is 862. The van der Waals surface area contributed by atoms with Crippen LogP contribution in [0.4, 0.5) is 0 Å². The van der Waals surface area contributed by atoms with Gasteiger partial charge in [-0.15, -0.1) is 0 Å². The number of pyridine rings is 1. The number of piperazine rings is 1. The molecule has 26 heavy (non-hydrogen) atoms. The fraction of sp³-hybridized carbons (Fsp3) is 0.500. The lowest BCUT2D eigenvalue weighted by Crippen LogP contribution is -2.51. The van der Waals surface area contributed by atoms with Crippen LogP contribution >= 0.6 is 0 Å². The Balaban J connectivity index is 1.40. The maximum Gasteiger partial charge on any atom is 0.252 e. The van der Waals surface area contributed by atoms with E-state index in [1.807, 2.05) is 30.0 Å². The van der Waals surface area contributed by atoms with E-state index in [0.717, 1.165) is 48.0 Å². The first kappa shape index (κ1) is 17.2. The average Bonchev–Trinajstić information content (AvgIpc) is 3.17. The monoisotopic (exact) mass is 355 g/mol. The van der Waals surface area contributed by atoms with Crippen LogP contribution in [0.25, 0.3) is 10.9 Å². The summed E-state index contributed by atoms with van der Waals surface area (Å²) in [5.74, 6) is 0.126. The molecule has 2 aromatic rings. The highest BCUT2D eigenvalue weighted by molar-refractivity contribution is 5.81. The number of aromatic amines is 1. The third-order valence-corrected chi connectivity index (χ3v) is 5.36. The largest absolute Gasteiger partial charge is 0.368 e. The zero-order valence-electron chi connectivity index (χ0n) is 15.2. The maximum atomic E-state index is 12.4. The van der Waals surface area contributed by atoms with Gasteiger partial charge in [0.2, 0.25) is 0 Å². The molecule has 0 radical (unpaired) electrons. The number of ether oxygens (including phenoxy) is 1. The molecule has 1 amide bonds. The van der Waals surface area contributed by atoms with E-state index in [1.54, 1.807) is 0 Å². The standard InChI is InChI=1S/C20H25N3O3/c1-14-4-5-15-12-16(19(24)21-17(15)11-14)13-22-6-8-23(9-7-22)20(25)18-3-2-10-26-18/h4-5,11-12,18H,2-3,6-10,13H2,1H3,(H,21,24). The summed E-state index contributed by atoms with van der Waals surface area (Å²) >= 11 is 0. The zero-order valence-corrected chi connectivity index (χ0v) is 15.2. The summed E-state index contributed by atoms with van der Waals surface area (Å²) in [6.45, 7) is 6.28. The molecule has 2 saturated heterocycles. The topological polar surface area (TPSA) is 65.6 Å². The third kappa shape index (κ3) is 3.52. The van der Waals surface area contributed by atoms with E-state index >= 15 is 0 Å². The SMILES string of the molecule is Cc1ccc2cc(CN3CCN(C(=O)C4CCCO4)CC3)c(=O)[nH]c2c1. The van der Waals surface area contributed by atoms with E-state index in [9.17, 15) is 9.59 Å². The van der Waals surface area contributed by atoms with Crippen molar-refractivity contribution in [2.75, 3.05) is 32.8 Å². The molecule has 4 rings (SSSR count). The van der Waals surface area contributed by atoms with Crippen LogP contribution in [0.3, 0.4) is 0 Å². The second kappa shape index (κ2) is 7.21. The summed E-state index contributed by atoms with van der Waals surface area (Å²) in [7, 11) is 0. The summed E-state index contributed by atoms with van der Waals surface area (Å²) in [6.07, 6.45) is 1.57. The minimum absolute atomic E-state index is 0.0269.